The van der Waals surface area contributed by atoms with Gasteiger partial charge < -0.3 is 67.7 Å². The Labute approximate surface area is 481 Å². The van der Waals surface area contributed by atoms with Gasteiger partial charge in [0.25, 0.3) is 0 Å². The Hall–Kier alpha value is -3.67. The van der Waals surface area contributed by atoms with Gasteiger partial charge in [0.2, 0.25) is 30.0 Å². The topological polar surface area (TPSA) is 275 Å². The number of nitrogens with two attached hydrogens (primary N) is 2. The van der Waals surface area contributed by atoms with E-state index in [1.165, 1.54) is 11.9 Å². The Morgan fingerprint density at radius 2 is 1.48 bits per heavy atom. The standard InChI is InChI=1S/C25H41N5O5.C19H32N4O6.4C2H6.K/c1-4-28-25(32)8-6-7-11-29(27)17-22(26)19-34-24-16-21(9-10-23(24)35-20(3)31)18-30(5-2)12-14-33-15-13-30;1-11(2)6-13(22-14(25)7-20-10-24)18(28)21-8-15(26)23-16(12(3)4)17(27)19(5)9-29-19;4*1-2;/h9-10,16-17H,1,4-8,11-15,18-19,26-27H2,2-3H3,(H,28,32);10-13,16H,6-9H2,1-5H3,(H,20,24)(H,21,28)(H,22,25)(H,23,26);4*1-2H3;/q;;;;;;+1/b22-17-;;;;;;/t;13?,16?,19-;;;;;/m.1...../s1. The number of esters is 1. The number of rotatable bonds is 27. The molecule has 2 unspecified atom stereocenters. The number of Topliss-reactive ketones (excluding diaryl/α,β-unsaturated/α-hetero) is 1. The average molecular weight is 1060 g/mol. The molecule has 0 aromatic heterocycles. The van der Waals surface area contributed by atoms with Crippen LogP contribution in [0.4, 0.5) is 0 Å². The van der Waals surface area contributed by atoms with Crippen LogP contribution in [0.1, 0.15) is 135 Å². The van der Waals surface area contributed by atoms with E-state index in [9.17, 15) is 33.6 Å². The number of epoxide rings is 1. The van der Waals surface area contributed by atoms with Crippen molar-refractivity contribution in [1.82, 2.24) is 31.6 Å². The summed E-state index contributed by atoms with van der Waals surface area (Å²) < 4.78 is 22.9. The number of morpholine rings is 1. The molecule has 0 bridgehead atoms. The van der Waals surface area contributed by atoms with Crippen molar-refractivity contribution in [2.24, 2.45) is 23.4 Å². The molecule has 2 aliphatic heterocycles. The maximum atomic E-state index is 12.5. The van der Waals surface area contributed by atoms with Crippen molar-refractivity contribution < 1.29 is 108 Å². The number of benzene rings is 1. The minimum absolute atomic E-state index is 0. The Morgan fingerprint density at radius 1 is 0.890 bits per heavy atom. The zero-order valence-corrected chi connectivity index (χ0v) is 50.9. The Balaban J connectivity index is -0.000000574. The van der Waals surface area contributed by atoms with E-state index in [0.29, 0.717) is 62.6 Å². The molecule has 1 aromatic carbocycles. The molecule has 9 N–H and O–H groups in total. The molecule has 73 heavy (non-hydrogen) atoms. The maximum Gasteiger partial charge on any atom is 1.00 e. The van der Waals surface area contributed by atoms with E-state index in [0.717, 1.165) is 55.9 Å². The summed E-state index contributed by atoms with van der Waals surface area (Å²) in [6, 6.07) is 4.08. The van der Waals surface area contributed by atoms with E-state index >= 15 is 0 Å². The minimum atomic E-state index is -0.854. The fourth-order valence-corrected chi connectivity index (χ4v) is 6.70. The number of hydrogen-bond acceptors (Lipinski definition) is 14. The van der Waals surface area contributed by atoms with Gasteiger partial charge in [-0.3, -0.25) is 33.6 Å². The zero-order chi connectivity index (χ0) is 55.9. The first-order valence-electron chi connectivity index (χ1n) is 25.9. The van der Waals surface area contributed by atoms with Crippen LogP contribution < -0.4 is 99.0 Å². The molecular formula is C52H97KN9O11+. The summed E-state index contributed by atoms with van der Waals surface area (Å²) in [6.07, 6.45) is 4.26. The number of quaternary nitrogens is 1. The summed E-state index contributed by atoms with van der Waals surface area (Å²) in [6.45, 7) is 38.3. The van der Waals surface area contributed by atoms with E-state index in [1.807, 2.05) is 95.2 Å². The summed E-state index contributed by atoms with van der Waals surface area (Å²) >= 11 is 0. The number of likely N-dealkylation sites (N-methyl/N-ethyl adjacent to an activating group) is 1. The third kappa shape index (κ3) is 33.8. The van der Waals surface area contributed by atoms with Crippen molar-refractivity contribution >= 4 is 41.8 Å². The molecule has 2 saturated heterocycles. The van der Waals surface area contributed by atoms with Crippen LogP contribution in [0, 0.1) is 18.8 Å². The molecule has 3 atom stereocenters. The third-order valence-electron chi connectivity index (χ3n) is 10.5. The van der Waals surface area contributed by atoms with Crippen molar-refractivity contribution in [3.05, 3.63) is 42.6 Å². The zero-order valence-electron chi connectivity index (χ0n) is 47.8. The van der Waals surface area contributed by atoms with Crippen LogP contribution in [0.25, 0.3) is 0 Å². The first-order valence-corrected chi connectivity index (χ1v) is 25.9. The van der Waals surface area contributed by atoms with Crippen molar-refractivity contribution in [2.75, 3.05) is 72.2 Å². The molecule has 0 aliphatic carbocycles. The predicted molar refractivity (Wildman–Crippen MR) is 284 cm³/mol. The molecule has 0 spiro atoms. The molecule has 21 heteroatoms. The predicted octanol–water partition coefficient (Wildman–Crippen LogP) is 1.44. The van der Waals surface area contributed by atoms with Crippen LogP contribution in [0.15, 0.2) is 30.1 Å². The Bertz CT molecular complexity index is 1740. The molecule has 20 nitrogen and oxygen atoms in total. The molecule has 0 radical (unpaired) electrons. The molecule has 5 amide bonds. The van der Waals surface area contributed by atoms with E-state index in [-0.39, 0.29) is 94.6 Å². The molecule has 2 aliphatic rings. The van der Waals surface area contributed by atoms with Crippen molar-refractivity contribution in [3.8, 4) is 11.5 Å². The van der Waals surface area contributed by atoms with E-state index < -0.39 is 41.4 Å². The number of ketones is 1. The van der Waals surface area contributed by atoms with E-state index in [1.54, 1.807) is 19.2 Å². The fourth-order valence-electron chi connectivity index (χ4n) is 6.70. The van der Waals surface area contributed by atoms with Gasteiger partial charge in [0, 0.05) is 31.7 Å². The van der Waals surface area contributed by atoms with Gasteiger partial charge in [0.05, 0.1) is 51.2 Å². The van der Waals surface area contributed by atoms with Gasteiger partial charge in [-0.05, 0) is 63.1 Å². The number of unbranched alkanes of at least 4 members (excludes halogenated alkanes) is 1. The number of hydrogen-bond donors (Lipinski definition) is 7. The number of amides is 5. The second kappa shape index (κ2) is 44.6. The second-order valence-corrected chi connectivity index (χ2v) is 16.9. The SMILES string of the molecule is CC.CC.CC.CC.CC(C)CC(NC(=O)CNC=O)C(=O)NCC(=O)NC(C(=O)[C@@]1(C)CO1)C(C)C.[CH2-]CNC(=O)CCCCN(N)/C=C(\N)COc1cc(C[N+]2(CC)CCOCC2)ccc1OC(C)=O.[K+]. The summed E-state index contributed by atoms with van der Waals surface area (Å²) in [5.74, 6) is 4.62. The first-order chi connectivity index (χ1) is 34.3. The summed E-state index contributed by atoms with van der Waals surface area (Å²) in [5.41, 5.74) is 6.77. The van der Waals surface area contributed by atoms with Crippen LogP contribution in [-0.2, 0) is 49.6 Å². The molecule has 2 fully saturated rings. The largest absolute Gasteiger partial charge is 1.00 e. The van der Waals surface area contributed by atoms with E-state index in [2.05, 4.69) is 40.4 Å². The normalized spacial score (nSPS) is 15.6. The van der Waals surface area contributed by atoms with Gasteiger partial charge in [0.15, 0.2) is 17.3 Å². The quantitative estimate of drug-likeness (QED) is 0.00628. The Morgan fingerprint density at radius 3 is 1.99 bits per heavy atom. The summed E-state index contributed by atoms with van der Waals surface area (Å²) in [5, 5.41) is 14.0. The minimum Gasteiger partial charge on any atom is -0.483 e. The van der Waals surface area contributed by atoms with E-state index in [4.69, 9.17) is 30.5 Å². The molecule has 2 heterocycles. The van der Waals surface area contributed by atoms with Gasteiger partial charge in [-0.2, -0.15) is 0 Å². The van der Waals surface area contributed by atoms with Gasteiger partial charge in [-0.25, -0.2) is 5.84 Å². The smallest absolute Gasteiger partial charge is 0.483 e. The van der Waals surface area contributed by atoms with Crippen molar-refractivity contribution in [1.29, 1.82) is 0 Å². The number of ether oxygens (including phenoxy) is 4. The van der Waals surface area contributed by atoms with Crippen LogP contribution in [-0.4, -0.2) is 141 Å². The number of hydrazine groups is 1. The molecule has 3 rings (SSSR count). The monoisotopic (exact) mass is 1060 g/mol. The number of carbonyl (C=O) groups is 7. The summed E-state index contributed by atoms with van der Waals surface area (Å²) in [4.78, 5) is 82.3. The molecule has 1 aromatic rings. The van der Waals surface area contributed by atoms with Gasteiger partial charge >= 0.3 is 57.4 Å². The molecule has 416 valence electrons. The Kier molecular flexibility index (Phi) is 46.3. The van der Waals surface area contributed by atoms with Crippen LogP contribution >= 0.6 is 0 Å². The first kappa shape index (κ1) is 75.8. The maximum absolute atomic E-state index is 12.5. The number of carbonyl (C=O) groups excluding carboxylic acids is 7. The second-order valence-electron chi connectivity index (χ2n) is 16.9. The fraction of sp³-hybridized carbons (Fsp3) is 0.692. The average Bonchev–Trinajstić information content (AvgIpc) is 4.13. The van der Waals surface area contributed by atoms with Crippen LogP contribution in [0.3, 0.4) is 0 Å². The van der Waals surface area contributed by atoms with Gasteiger partial charge in [-0.15, -0.1) is 6.54 Å². The van der Waals surface area contributed by atoms with Crippen molar-refractivity contribution in [3.63, 3.8) is 0 Å². The molecular weight excluding hydrogens is 966 g/mol. The number of nitrogens with zero attached hydrogens (tertiary/aromatic N) is 2. The van der Waals surface area contributed by atoms with Crippen molar-refractivity contribution in [2.45, 2.75) is 154 Å². The third-order valence-corrected chi connectivity index (χ3v) is 10.5. The molecule has 0 saturated carbocycles. The van der Waals surface area contributed by atoms with Crippen LogP contribution in [0.5, 0.6) is 11.5 Å². The summed E-state index contributed by atoms with van der Waals surface area (Å²) in [7, 11) is 0. The van der Waals surface area contributed by atoms with Crippen LogP contribution in [0.2, 0.25) is 0 Å². The van der Waals surface area contributed by atoms with Gasteiger partial charge in [-0.1, -0.05) is 83.1 Å². The van der Waals surface area contributed by atoms with Gasteiger partial charge in [0.1, 0.15) is 37.9 Å². The number of nitrogens with one attached hydrogen (secondary N) is 5.